The van der Waals surface area contributed by atoms with Crippen LogP contribution in [-0.2, 0) is 24.1 Å². The second-order valence-corrected chi connectivity index (χ2v) is 14.6. The Morgan fingerprint density at radius 2 is 1.79 bits per heavy atom. The zero-order valence-corrected chi connectivity index (χ0v) is 25.0. The lowest BCUT2D eigenvalue weighted by atomic mass is 9.45. The summed E-state index contributed by atoms with van der Waals surface area (Å²) in [4.78, 5) is 13.0. The average molecular weight is 552 g/mol. The van der Waals surface area contributed by atoms with Gasteiger partial charge >= 0.3 is 5.97 Å². The molecule has 216 valence electrons. The van der Waals surface area contributed by atoms with Crippen LogP contribution in [0.3, 0.4) is 0 Å². The van der Waals surface area contributed by atoms with Gasteiger partial charge in [0.1, 0.15) is 0 Å². The van der Waals surface area contributed by atoms with Crippen LogP contribution in [0, 0.1) is 39.9 Å². The molecule has 38 heavy (non-hydrogen) atoms. The van der Waals surface area contributed by atoms with Gasteiger partial charge < -0.3 is 14.4 Å². The lowest BCUT2D eigenvalue weighted by Crippen LogP contribution is -2.54. The van der Waals surface area contributed by atoms with E-state index in [0.29, 0.717) is 24.7 Å². The highest BCUT2D eigenvalue weighted by atomic mass is 32.3. The predicted molar refractivity (Wildman–Crippen MR) is 145 cm³/mol. The Labute approximate surface area is 229 Å². The van der Waals surface area contributed by atoms with Gasteiger partial charge in [0.05, 0.1) is 25.2 Å². The molecule has 4 aliphatic rings. The van der Waals surface area contributed by atoms with E-state index < -0.39 is 34.5 Å². The molecule has 4 aliphatic carbocycles. The van der Waals surface area contributed by atoms with Gasteiger partial charge in [-0.2, -0.15) is 0 Å². The van der Waals surface area contributed by atoms with E-state index >= 15 is 0 Å². The minimum atomic E-state index is -4.93. The molecule has 0 heterocycles. The summed E-state index contributed by atoms with van der Waals surface area (Å²) in [7, 11) is -3.62. The third-order valence-electron chi connectivity index (χ3n) is 11.5. The van der Waals surface area contributed by atoms with Gasteiger partial charge in [-0.3, -0.25) is 8.98 Å². The van der Waals surface area contributed by atoms with Crippen LogP contribution in [0.4, 0.5) is 0 Å². The lowest BCUT2D eigenvalue weighted by molar-refractivity contribution is -0.158. The van der Waals surface area contributed by atoms with Gasteiger partial charge in [-0.15, -0.1) is 0 Å². The second-order valence-electron chi connectivity index (χ2n) is 13.6. The predicted octanol–water partition coefficient (Wildman–Crippen LogP) is 5.70. The molecule has 0 aromatic rings. The fourth-order valence-corrected chi connectivity index (χ4v) is 10.1. The van der Waals surface area contributed by atoms with E-state index in [0.717, 1.165) is 50.5 Å². The van der Waals surface area contributed by atoms with E-state index in [1.54, 1.807) is 5.57 Å². The molecule has 2 fully saturated rings. The minimum Gasteiger partial charge on any atom is -0.726 e. The van der Waals surface area contributed by atoms with Crippen molar-refractivity contribution in [3.05, 3.63) is 22.8 Å². The fraction of sp³-hybridized carbons (Fsp3) is 0.833. The summed E-state index contributed by atoms with van der Waals surface area (Å²) in [6.45, 7) is 13.5. The number of methoxy groups -OCH3 is 1. The smallest absolute Gasteiger partial charge is 0.311 e. The first-order valence-corrected chi connectivity index (χ1v) is 15.7. The molecule has 0 aromatic carbocycles. The molecule has 1 N–H and O–H groups in total. The molecule has 1 unspecified atom stereocenters. The van der Waals surface area contributed by atoms with Crippen molar-refractivity contribution >= 4 is 16.4 Å². The Kier molecular flexibility index (Phi) is 8.08. The Bertz CT molecular complexity index is 1110. The number of rotatable bonds is 7. The molecule has 0 amide bonds. The molecule has 4 rings (SSSR count). The largest absolute Gasteiger partial charge is 0.726 e. The maximum atomic E-state index is 13.0. The van der Waals surface area contributed by atoms with Crippen LogP contribution >= 0.6 is 0 Å². The Hall–Kier alpha value is -1.22. The van der Waals surface area contributed by atoms with Crippen molar-refractivity contribution in [1.29, 1.82) is 0 Å². The van der Waals surface area contributed by atoms with Crippen LogP contribution in [0.2, 0.25) is 0 Å². The number of ether oxygens (including phenoxy) is 1. The summed E-state index contributed by atoms with van der Waals surface area (Å²) in [6.07, 6.45) is 8.29. The Morgan fingerprint density at radius 1 is 1.11 bits per heavy atom. The molecule has 7 nitrogen and oxygen atoms in total. The maximum Gasteiger partial charge on any atom is 0.311 e. The van der Waals surface area contributed by atoms with Crippen molar-refractivity contribution < 1.29 is 31.8 Å². The van der Waals surface area contributed by atoms with E-state index in [2.05, 4.69) is 27.7 Å². The number of esters is 1. The third-order valence-corrected chi connectivity index (χ3v) is 12.0. The lowest BCUT2D eigenvalue weighted by Gasteiger charge is -2.60. The average Bonchev–Trinajstić information content (AvgIpc) is 3.08. The summed E-state index contributed by atoms with van der Waals surface area (Å²) in [5.41, 5.74) is 4.07. The van der Waals surface area contributed by atoms with Gasteiger partial charge in [0.15, 0.2) is 0 Å². The summed E-state index contributed by atoms with van der Waals surface area (Å²) in [5, 5.41) is 10.6. The summed E-state index contributed by atoms with van der Waals surface area (Å²) in [5.74, 6) is -0.452. The van der Waals surface area contributed by atoms with E-state index in [9.17, 15) is 22.9 Å². The molecule has 0 aromatic heterocycles. The molecule has 0 bridgehead atoms. The molecule has 0 spiro atoms. The number of aliphatic hydroxyl groups is 1. The highest BCUT2D eigenvalue weighted by Crippen LogP contribution is 2.71. The summed E-state index contributed by atoms with van der Waals surface area (Å²) >= 11 is 0. The topological polar surface area (TPSA) is 113 Å². The molecule has 0 radical (unpaired) electrons. The summed E-state index contributed by atoms with van der Waals surface area (Å²) < 4.78 is 44.4. The number of aliphatic hydroxyl groups excluding tert-OH is 1. The molecular weight excluding hydrogens is 504 g/mol. The SMILES string of the molecule is COC(=O)[C@H]1C2CCC3=C(CC[C@]4(C)[C@@H]([C@H](C)C[C@@H](O)C=C(C)C)CC[C@@]34C)[C@@]2(C)CC[C@@H]1OS(=O)(=O)[O-]. The molecule has 0 aliphatic heterocycles. The quantitative estimate of drug-likeness (QED) is 0.187. The van der Waals surface area contributed by atoms with Gasteiger partial charge in [-0.25, -0.2) is 8.42 Å². The van der Waals surface area contributed by atoms with Gasteiger partial charge in [-0.1, -0.05) is 50.5 Å². The minimum absolute atomic E-state index is 0.0570. The first-order valence-electron chi connectivity index (χ1n) is 14.4. The van der Waals surface area contributed by atoms with Crippen molar-refractivity contribution in [3.8, 4) is 0 Å². The highest BCUT2D eigenvalue weighted by molar-refractivity contribution is 7.80. The molecular formula is C30H47O7S-. The summed E-state index contributed by atoms with van der Waals surface area (Å²) in [6, 6.07) is 0. The van der Waals surface area contributed by atoms with Crippen LogP contribution in [0.15, 0.2) is 22.8 Å². The van der Waals surface area contributed by atoms with E-state index in [1.165, 1.54) is 12.7 Å². The highest BCUT2D eigenvalue weighted by Gasteiger charge is 2.63. The van der Waals surface area contributed by atoms with E-state index in [1.807, 2.05) is 19.9 Å². The van der Waals surface area contributed by atoms with Crippen molar-refractivity contribution in [2.45, 2.75) is 112 Å². The maximum absolute atomic E-state index is 13.0. The number of carbonyl (C=O) groups excluding carboxylic acids is 1. The van der Waals surface area contributed by atoms with Gasteiger partial charge in [0, 0.05) is 0 Å². The van der Waals surface area contributed by atoms with Crippen LogP contribution in [0.25, 0.3) is 0 Å². The molecule has 2 saturated carbocycles. The van der Waals surface area contributed by atoms with Gasteiger partial charge in [0.2, 0.25) is 10.4 Å². The number of hydrogen-bond donors (Lipinski definition) is 1. The van der Waals surface area contributed by atoms with Crippen LogP contribution in [0.1, 0.15) is 99.3 Å². The number of carbonyl (C=O) groups is 1. The van der Waals surface area contributed by atoms with Crippen molar-refractivity contribution in [2.24, 2.45) is 39.9 Å². The van der Waals surface area contributed by atoms with Crippen molar-refractivity contribution in [2.75, 3.05) is 7.11 Å². The number of hydrogen-bond acceptors (Lipinski definition) is 7. The monoisotopic (exact) mass is 551 g/mol. The molecule has 0 saturated heterocycles. The second kappa shape index (κ2) is 10.3. The zero-order valence-electron chi connectivity index (χ0n) is 24.2. The van der Waals surface area contributed by atoms with Crippen molar-refractivity contribution in [3.63, 3.8) is 0 Å². The third kappa shape index (κ3) is 4.92. The number of fused-ring (bicyclic) bond motifs is 4. The normalized spacial score (nSPS) is 40.4. The van der Waals surface area contributed by atoms with Gasteiger partial charge in [0.25, 0.3) is 0 Å². The zero-order chi connectivity index (χ0) is 28.3. The van der Waals surface area contributed by atoms with Crippen LogP contribution < -0.4 is 0 Å². The Morgan fingerprint density at radius 3 is 2.39 bits per heavy atom. The van der Waals surface area contributed by atoms with Crippen LogP contribution in [-0.4, -0.2) is 43.4 Å². The van der Waals surface area contributed by atoms with Crippen molar-refractivity contribution in [1.82, 2.24) is 0 Å². The van der Waals surface area contributed by atoms with Crippen LogP contribution in [0.5, 0.6) is 0 Å². The molecule has 8 heteroatoms. The van der Waals surface area contributed by atoms with E-state index in [4.69, 9.17) is 8.92 Å². The molecule has 9 atom stereocenters. The van der Waals surface area contributed by atoms with Gasteiger partial charge in [-0.05, 0) is 106 Å². The first kappa shape index (κ1) is 29.8. The fourth-order valence-electron chi connectivity index (χ4n) is 9.60. The first-order chi connectivity index (χ1) is 17.6. The number of allylic oxidation sites excluding steroid dienone is 3. The van der Waals surface area contributed by atoms with E-state index in [-0.39, 0.29) is 22.2 Å². The Balaban J connectivity index is 1.66. The standard InChI is InChI=1S/C30H48O7S/c1-18(2)16-20(31)17-19(3)21-10-14-30(6)23-8-9-24-26(27(32)36-7)25(37-38(33,34)35)12-13-28(24,4)22(23)11-15-29(21,30)5/h16,19-21,24-26,31H,8-15,17H2,1-7H3,(H,33,34,35)/p-1/t19-,20+,21-,24?,25+,26+,28-,29-,30+/m1/s1.